The molecule has 2 unspecified atom stereocenters. The Labute approximate surface area is 158 Å². The van der Waals surface area contributed by atoms with Crippen molar-refractivity contribution in [3.63, 3.8) is 0 Å². The molecule has 4 aliphatic rings. The van der Waals surface area contributed by atoms with Gasteiger partial charge in [0.1, 0.15) is 14.3 Å². The van der Waals surface area contributed by atoms with Crippen molar-refractivity contribution in [2.24, 2.45) is 10.8 Å². The first-order valence-corrected chi connectivity index (χ1v) is 13.3. The van der Waals surface area contributed by atoms with Gasteiger partial charge in [-0.1, -0.05) is 50.0 Å². The summed E-state index contributed by atoms with van der Waals surface area (Å²) in [5.41, 5.74) is 4.86. The molecule has 0 aliphatic carbocycles. The van der Waals surface area contributed by atoms with E-state index in [1.54, 1.807) is 0 Å². The Morgan fingerprint density at radius 2 is 0.885 bits per heavy atom. The molecule has 4 heteroatoms. The van der Waals surface area contributed by atoms with Gasteiger partial charge in [0.15, 0.2) is 0 Å². The number of hydrogen-bond donors (Lipinski definition) is 0. The maximum Gasteiger partial charge on any atom is 0.143 e. The van der Waals surface area contributed by atoms with Crippen LogP contribution in [0.3, 0.4) is 0 Å². The van der Waals surface area contributed by atoms with Gasteiger partial charge in [-0.05, 0) is 52.2 Å². The van der Waals surface area contributed by atoms with E-state index in [2.05, 4.69) is 69.2 Å². The third-order valence-electron chi connectivity index (χ3n) is 9.56. The molecule has 0 saturated heterocycles. The smallest absolute Gasteiger partial charge is 0.143 e. The van der Waals surface area contributed by atoms with Gasteiger partial charge in [0.25, 0.3) is 0 Å². The third-order valence-corrected chi connectivity index (χ3v) is 18.1. The summed E-state index contributed by atoms with van der Waals surface area (Å²) in [4.78, 5) is 0. The van der Waals surface area contributed by atoms with E-state index in [-0.39, 0.29) is 22.1 Å². The highest BCUT2D eigenvalue weighted by molar-refractivity contribution is 7.79. The lowest BCUT2D eigenvalue weighted by molar-refractivity contribution is 0.477. The Morgan fingerprint density at radius 3 is 1.12 bits per heavy atom. The standard InChI is InChI=1S/C22H32O2P2/c1-11-15(5)25(23)17(7)21(11,9)13(3)19(25)20-14(4)22(10)12(2)16(6)26(20,24)18(22)8/h17-18H,1-10H3/t17?,18?,21-,22+,25+,26-. The van der Waals surface area contributed by atoms with Crippen LogP contribution in [-0.4, -0.2) is 11.3 Å². The quantitative estimate of drug-likeness (QED) is 0.430. The van der Waals surface area contributed by atoms with Crippen molar-refractivity contribution in [3.05, 3.63) is 43.5 Å². The lowest BCUT2D eigenvalue weighted by atomic mass is 9.72. The molecular formula is C22H32O2P2. The van der Waals surface area contributed by atoms with Crippen molar-refractivity contribution in [3.8, 4) is 0 Å². The Hall–Kier alpha value is -0.580. The molecule has 0 N–H and O–H groups in total. The van der Waals surface area contributed by atoms with Crippen molar-refractivity contribution in [1.82, 2.24) is 0 Å². The van der Waals surface area contributed by atoms with Crippen LogP contribution in [0.4, 0.5) is 0 Å². The number of allylic oxidation sites excluding steroid dienone is 8. The largest absolute Gasteiger partial charge is 0.314 e. The van der Waals surface area contributed by atoms with Gasteiger partial charge in [-0.2, -0.15) is 0 Å². The SMILES string of the molecule is CC1=C(C)[P@@]2(=O)C(C3=C(C)[C@]4(C)C(C)=C(C)[P@@]3(=O)C4C)=C(C)[C@]1(C)C2C. The van der Waals surface area contributed by atoms with Gasteiger partial charge in [0.05, 0.1) is 0 Å². The van der Waals surface area contributed by atoms with Gasteiger partial charge in [0.2, 0.25) is 0 Å². The zero-order chi connectivity index (χ0) is 19.8. The van der Waals surface area contributed by atoms with E-state index in [1.807, 2.05) is 0 Å². The molecular weight excluding hydrogens is 358 g/mol. The summed E-state index contributed by atoms with van der Waals surface area (Å²) in [6.07, 6.45) is 0. The first kappa shape index (κ1) is 18.8. The second kappa shape index (κ2) is 4.69. The fourth-order valence-corrected chi connectivity index (χ4v) is 16.4. The van der Waals surface area contributed by atoms with E-state index < -0.39 is 14.3 Å². The molecule has 0 amide bonds. The van der Waals surface area contributed by atoms with E-state index in [9.17, 15) is 9.13 Å². The molecule has 26 heavy (non-hydrogen) atoms. The van der Waals surface area contributed by atoms with Crippen molar-refractivity contribution in [2.45, 2.75) is 80.6 Å². The zero-order valence-corrected chi connectivity index (χ0v) is 19.7. The average Bonchev–Trinajstić information content (AvgIpc) is 2.97. The molecule has 0 fully saturated rings. The Kier molecular flexibility index (Phi) is 3.39. The number of rotatable bonds is 1. The lowest BCUT2D eigenvalue weighted by Crippen LogP contribution is -2.24. The number of fused-ring (bicyclic) bond motifs is 4. The molecule has 0 aromatic heterocycles. The molecule has 0 aromatic carbocycles. The molecule has 142 valence electrons. The summed E-state index contributed by atoms with van der Waals surface area (Å²) < 4.78 is 29.0. The van der Waals surface area contributed by atoms with Crippen LogP contribution in [0.25, 0.3) is 0 Å². The molecule has 0 aromatic rings. The molecule has 0 spiro atoms. The van der Waals surface area contributed by atoms with Gasteiger partial charge in [-0.3, -0.25) is 0 Å². The van der Waals surface area contributed by atoms with Gasteiger partial charge in [-0.15, -0.1) is 0 Å². The molecule has 4 bridgehead atoms. The Morgan fingerprint density at radius 1 is 0.615 bits per heavy atom. The Bertz CT molecular complexity index is 937. The Balaban J connectivity index is 2.09. The van der Waals surface area contributed by atoms with Gasteiger partial charge >= 0.3 is 0 Å². The zero-order valence-electron chi connectivity index (χ0n) is 17.9. The van der Waals surface area contributed by atoms with Crippen LogP contribution in [0.1, 0.15) is 69.2 Å². The molecule has 0 saturated carbocycles. The molecule has 4 heterocycles. The highest BCUT2D eigenvalue weighted by Gasteiger charge is 2.68. The second-order valence-corrected chi connectivity index (χ2v) is 15.9. The normalized spacial score (nSPS) is 50.2. The van der Waals surface area contributed by atoms with Crippen molar-refractivity contribution >= 4 is 14.3 Å². The van der Waals surface area contributed by atoms with Crippen molar-refractivity contribution < 1.29 is 9.13 Å². The second-order valence-electron chi connectivity index (χ2n) is 9.44. The molecule has 4 rings (SSSR count). The van der Waals surface area contributed by atoms with Crippen LogP contribution < -0.4 is 0 Å². The maximum absolute atomic E-state index is 14.5. The minimum absolute atomic E-state index is 0.0886. The first-order valence-electron chi connectivity index (χ1n) is 9.76. The van der Waals surface area contributed by atoms with Gasteiger partial charge in [0, 0.05) is 32.8 Å². The monoisotopic (exact) mass is 390 g/mol. The van der Waals surface area contributed by atoms with Crippen LogP contribution in [0, 0.1) is 10.8 Å². The predicted octanol–water partition coefficient (Wildman–Crippen LogP) is 7.69. The van der Waals surface area contributed by atoms with Crippen LogP contribution in [0.5, 0.6) is 0 Å². The fourth-order valence-electron chi connectivity index (χ4n) is 6.76. The van der Waals surface area contributed by atoms with Crippen molar-refractivity contribution in [2.75, 3.05) is 0 Å². The number of hydrogen-bond acceptors (Lipinski definition) is 2. The van der Waals surface area contributed by atoms with Gasteiger partial charge in [-0.25, -0.2) is 0 Å². The van der Waals surface area contributed by atoms with E-state index in [0.717, 1.165) is 21.3 Å². The third kappa shape index (κ3) is 1.41. The van der Waals surface area contributed by atoms with Crippen LogP contribution >= 0.6 is 14.3 Å². The lowest BCUT2D eigenvalue weighted by Gasteiger charge is -2.32. The van der Waals surface area contributed by atoms with E-state index >= 15 is 0 Å². The summed E-state index contributed by atoms with van der Waals surface area (Å²) in [6.45, 7) is 21.5. The highest BCUT2D eigenvalue weighted by Crippen LogP contribution is 2.91. The summed E-state index contributed by atoms with van der Waals surface area (Å²) in [7, 11) is -5.40. The van der Waals surface area contributed by atoms with Crippen LogP contribution in [0.15, 0.2) is 43.5 Å². The maximum atomic E-state index is 14.5. The average molecular weight is 390 g/mol. The van der Waals surface area contributed by atoms with E-state index in [0.29, 0.717) is 0 Å². The molecule has 4 aliphatic heterocycles. The fraction of sp³-hybridized carbons (Fsp3) is 0.636. The van der Waals surface area contributed by atoms with Crippen molar-refractivity contribution in [1.29, 1.82) is 0 Å². The minimum atomic E-state index is -2.70. The summed E-state index contributed by atoms with van der Waals surface area (Å²) in [5.74, 6) is 0. The summed E-state index contributed by atoms with van der Waals surface area (Å²) >= 11 is 0. The molecule has 2 nitrogen and oxygen atoms in total. The summed E-state index contributed by atoms with van der Waals surface area (Å²) in [5, 5.41) is 4.14. The highest BCUT2D eigenvalue weighted by atomic mass is 31.2. The molecule has 0 radical (unpaired) electrons. The van der Waals surface area contributed by atoms with Gasteiger partial charge < -0.3 is 9.13 Å². The topological polar surface area (TPSA) is 34.1 Å². The minimum Gasteiger partial charge on any atom is -0.314 e. The predicted molar refractivity (Wildman–Crippen MR) is 112 cm³/mol. The summed E-state index contributed by atoms with van der Waals surface area (Å²) in [6, 6.07) is 0. The van der Waals surface area contributed by atoms with E-state index in [1.165, 1.54) is 22.3 Å². The van der Waals surface area contributed by atoms with Crippen LogP contribution in [0.2, 0.25) is 0 Å². The van der Waals surface area contributed by atoms with E-state index in [4.69, 9.17) is 0 Å². The first-order chi connectivity index (χ1) is 11.7. The van der Waals surface area contributed by atoms with Crippen LogP contribution in [-0.2, 0) is 9.13 Å². The molecule has 6 atom stereocenters.